The molecule has 0 atom stereocenters. The number of amides is 1. The normalized spacial score (nSPS) is 13.8. The molecule has 0 heterocycles. The van der Waals surface area contributed by atoms with Gasteiger partial charge in [-0.2, -0.15) is 0 Å². The van der Waals surface area contributed by atoms with Gasteiger partial charge in [-0.1, -0.05) is 11.6 Å². The molecule has 0 saturated carbocycles. The van der Waals surface area contributed by atoms with Gasteiger partial charge in [0.2, 0.25) is 0 Å². The van der Waals surface area contributed by atoms with E-state index < -0.39 is 0 Å². The van der Waals surface area contributed by atoms with Crippen LogP contribution in [0.25, 0.3) is 0 Å². The Balaban J connectivity index is 1.67. The molecule has 5 nitrogen and oxygen atoms in total. The predicted molar refractivity (Wildman–Crippen MR) is 92.1 cm³/mol. The topological polar surface area (TPSA) is 64.6 Å². The van der Waals surface area contributed by atoms with Crippen molar-refractivity contribution in [2.75, 3.05) is 19.8 Å². The molecule has 0 saturated heterocycles. The van der Waals surface area contributed by atoms with E-state index in [1.54, 1.807) is 31.2 Å². The Hall–Kier alpha value is -2.30. The summed E-state index contributed by atoms with van der Waals surface area (Å²) in [6.45, 7) is 2.72. The molecule has 0 unspecified atom stereocenters. The molecule has 0 spiro atoms. The van der Waals surface area contributed by atoms with Crippen molar-refractivity contribution >= 4 is 11.9 Å². The van der Waals surface area contributed by atoms with Crippen molar-refractivity contribution < 1.29 is 19.1 Å². The van der Waals surface area contributed by atoms with Crippen LogP contribution in [0.4, 0.5) is 0 Å². The highest BCUT2D eigenvalue weighted by molar-refractivity contribution is 5.89. The fourth-order valence-corrected chi connectivity index (χ4v) is 2.60. The van der Waals surface area contributed by atoms with Gasteiger partial charge in [0.05, 0.1) is 12.2 Å². The minimum absolute atomic E-state index is 0.0300. The summed E-state index contributed by atoms with van der Waals surface area (Å²) in [5.41, 5.74) is 1.91. The molecule has 1 aromatic carbocycles. The quantitative estimate of drug-likeness (QED) is 0.587. The predicted octanol–water partition coefficient (Wildman–Crippen LogP) is 3.25. The molecule has 5 heteroatoms. The molecule has 0 fully saturated rings. The smallest absolute Gasteiger partial charge is 0.338 e. The van der Waals surface area contributed by atoms with E-state index >= 15 is 0 Å². The number of ether oxygens (including phenoxy) is 2. The van der Waals surface area contributed by atoms with Gasteiger partial charge in [-0.25, -0.2) is 4.79 Å². The van der Waals surface area contributed by atoms with Gasteiger partial charge in [0, 0.05) is 6.54 Å². The standard InChI is InChI=1S/C19H25NO4/c1-2-23-19(22)16-8-10-17(11-9-16)24-14-18(21)20-13-12-15-6-4-3-5-7-15/h6,8-11H,2-5,7,12-14H2,1H3,(H,20,21). The molecule has 0 aromatic heterocycles. The minimum atomic E-state index is -0.362. The van der Waals surface area contributed by atoms with Crippen LogP contribution in [0.2, 0.25) is 0 Å². The fraction of sp³-hybridized carbons (Fsp3) is 0.474. The average Bonchev–Trinajstić information content (AvgIpc) is 2.61. The third-order valence-electron chi connectivity index (χ3n) is 3.89. The monoisotopic (exact) mass is 331 g/mol. The first-order valence-corrected chi connectivity index (χ1v) is 8.53. The number of allylic oxidation sites excluding steroid dienone is 1. The van der Waals surface area contributed by atoms with Gasteiger partial charge in [0.25, 0.3) is 5.91 Å². The number of esters is 1. The summed E-state index contributed by atoms with van der Waals surface area (Å²) in [5, 5.41) is 2.87. The van der Waals surface area contributed by atoms with Crippen LogP contribution in [-0.2, 0) is 9.53 Å². The third-order valence-corrected chi connectivity index (χ3v) is 3.89. The number of carbonyl (C=O) groups is 2. The third kappa shape index (κ3) is 6.07. The summed E-state index contributed by atoms with van der Waals surface area (Å²) >= 11 is 0. The van der Waals surface area contributed by atoms with Crippen molar-refractivity contribution in [3.05, 3.63) is 41.5 Å². The van der Waals surface area contributed by atoms with Crippen LogP contribution in [0.3, 0.4) is 0 Å². The lowest BCUT2D eigenvalue weighted by Crippen LogP contribution is -2.30. The largest absolute Gasteiger partial charge is 0.484 e. The summed E-state index contributed by atoms with van der Waals surface area (Å²) in [7, 11) is 0. The SMILES string of the molecule is CCOC(=O)c1ccc(OCC(=O)NCCC2=CCCCC2)cc1. The number of rotatable bonds is 8. The molecule has 1 amide bonds. The van der Waals surface area contributed by atoms with Crippen LogP contribution in [0, 0.1) is 0 Å². The van der Waals surface area contributed by atoms with Crippen LogP contribution < -0.4 is 10.1 Å². The fourth-order valence-electron chi connectivity index (χ4n) is 2.60. The summed E-state index contributed by atoms with van der Waals surface area (Å²) in [4.78, 5) is 23.3. The molecule has 0 radical (unpaired) electrons. The molecular weight excluding hydrogens is 306 g/mol. The second-order valence-corrected chi connectivity index (χ2v) is 5.74. The van der Waals surface area contributed by atoms with Crippen LogP contribution in [0.15, 0.2) is 35.9 Å². The lowest BCUT2D eigenvalue weighted by molar-refractivity contribution is -0.123. The average molecular weight is 331 g/mol. The summed E-state index contributed by atoms with van der Waals surface area (Å²) in [6, 6.07) is 6.57. The number of hydrogen-bond acceptors (Lipinski definition) is 4. The lowest BCUT2D eigenvalue weighted by atomic mass is 9.97. The van der Waals surface area contributed by atoms with Crippen LogP contribution in [0.5, 0.6) is 5.75 Å². The van der Waals surface area contributed by atoms with Crippen molar-refractivity contribution in [3.63, 3.8) is 0 Å². The first kappa shape index (κ1) is 18.0. The second kappa shape index (κ2) is 9.75. The molecule has 24 heavy (non-hydrogen) atoms. The molecule has 1 N–H and O–H groups in total. The van der Waals surface area contributed by atoms with Gasteiger partial charge in [-0.05, 0) is 63.3 Å². The zero-order valence-corrected chi connectivity index (χ0v) is 14.2. The molecule has 1 aromatic rings. The Bertz CT molecular complexity index is 578. The first-order chi connectivity index (χ1) is 11.7. The number of nitrogens with one attached hydrogen (secondary N) is 1. The Labute approximate surface area is 143 Å². The number of carbonyl (C=O) groups excluding carboxylic acids is 2. The van der Waals surface area contributed by atoms with Crippen molar-refractivity contribution in [2.45, 2.75) is 39.0 Å². The van der Waals surface area contributed by atoms with Gasteiger partial charge in [-0.15, -0.1) is 0 Å². The maximum atomic E-state index is 11.8. The van der Waals surface area contributed by atoms with E-state index in [4.69, 9.17) is 9.47 Å². The highest BCUT2D eigenvalue weighted by Crippen LogP contribution is 2.19. The van der Waals surface area contributed by atoms with Crippen molar-refractivity contribution in [1.82, 2.24) is 5.32 Å². The highest BCUT2D eigenvalue weighted by atomic mass is 16.5. The number of hydrogen-bond donors (Lipinski definition) is 1. The van der Waals surface area contributed by atoms with E-state index in [0.717, 1.165) is 19.3 Å². The van der Waals surface area contributed by atoms with Crippen LogP contribution in [0.1, 0.15) is 49.4 Å². The van der Waals surface area contributed by atoms with Gasteiger partial charge in [0.1, 0.15) is 5.75 Å². The van der Waals surface area contributed by atoms with E-state index in [1.807, 2.05) is 0 Å². The van der Waals surface area contributed by atoms with E-state index in [9.17, 15) is 9.59 Å². The van der Waals surface area contributed by atoms with E-state index in [0.29, 0.717) is 24.5 Å². The first-order valence-electron chi connectivity index (χ1n) is 8.53. The summed E-state index contributed by atoms with van der Waals surface area (Å²) < 4.78 is 10.3. The Morgan fingerprint density at radius 1 is 1.17 bits per heavy atom. The van der Waals surface area contributed by atoms with Gasteiger partial charge in [0.15, 0.2) is 6.61 Å². The van der Waals surface area contributed by atoms with Crippen LogP contribution in [-0.4, -0.2) is 31.6 Å². The highest BCUT2D eigenvalue weighted by Gasteiger charge is 2.08. The molecule has 1 aliphatic carbocycles. The second-order valence-electron chi connectivity index (χ2n) is 5.74. The summed E-state index contributed by atoms with van der Waals surface area (Å²) in [5.74, 6) is 0.0490. The zero-order valence-electron chi connectivity index (χ0n) is 14.2. The Morgan fingerprint density at radius 2 is 1.96 bits per heavy atom. The maximum Gasteiger partial charge on any atom is 0.338 e. The molecular formula is C19H25NO4. The molecule has 0 aliphatic heterocycles. The lowest BCUT2D eigenvalue weighted by Gasteiger charge is -2.13. The summed E-state index contributed by atoms with van der Waals surface area (Å²) in [6.07, 6.45) is 8.05. The molecule has 130 valence electrons. The number of benzene rings is 1. The van der Waals surface area contributed by atoms with E-state index in [-0.39, 0.29) is 18.5 Å². The van der Waals surface area contributed by atoms with Gasteiger partial charge < -0.3 is 14.8 Å². The molecule has 0 bridgehead atoms. The van der Waals surface area contributed by atoms with Crippen LogP contribution >= 0.6 is 0 Å². The van der Waals surface area contributed by atoms with E-state index in [2.05, 4.69) is 11.4 Å². The Morgan fingerprint density at radius 3 is 2.62 bits per heavy atom. The maximum absolute atomic E-state index is 11.8. The van der Waals surface area contributed by atoms with Crippen molar-refractivity contribution in [2.24, 2.45) is 0 Å². The van der Waals surface area contributed by atoms with E-state index in [1.165, 1.54) is 18.4 Å². The Kier molecular flexibility index (Phi) is 7.33. The van der Waals surface area contributed by atoms with Gasteiger partial charge >= 0.3 is 5.97 Å². The minimum Gasteiger partial charge on any atom is -0.484 e. The van der Waals surface area contributed by atoms with Crippen molar-refractivity contribution in [1.29, 1.82) is 0 Å². The van der Waals surface area contributed by atoms with Crippen molar-refractivity contribution in [3.8, 4) is 5.75 Å². The zero-order chi connectivity index (χ0) is 17.2. The molecule has 2 rings (SSSR count). The molecule has 1 aliphatic rings. The van der Waals surface area contributed by atoms with Gasteiger partial charge in [-0.3, -0.25) is 4.79 Å².